The first-order valence-electron chi connectivity index (χ1n) is 10.6. The van der Waals surface area contributed by atoms with E-state index >= 15 is 0 Å². The first-order chi connectivity index (χ1) is 16.6. The first-order valence-corrected chi connectivity index (χ1v) is 10.6. The second kappa shape index (κ2) is 10.4. The van der Waals surface area contributed by atoms with Gasteiger partial charge in [-0.1, -0.05) is 24.3 Å². The molecule has 0 fully saturated rings. The third kappa shape index (κ3) is 5.09. The summed E-state index contributed by atoms with van der Waals surface area (Å²) >= 11 is 0. The van der Waals surface area contributed by atoms with Crippen LogP contribution in [-0.2, 0) is 11.3 Å². The van der Waals surface area contributed by atoms with E-state index in [9.17, 15) is 9.59 Å². The van der Waals surface area contributed by atoms with Crippen molar-refractivity contribution in [3.05, 3.63) is 83.6 Å². The summed E-state index contributed by atoms with van der Waals surface area (Å²) in [5, 5.41) is 14.7. The van der Waals surface area contributed by atoms with Crippen molar-refractivity contribution in [2.45, 2.75) is 13.0 Å². The van der Waals surface area contributed by atoms with Gasteiger partial charge in [0.15, 0.2) is 5.65 Å². The van der Waals surface area contributed by atoms with Gasteiger partial charge in [-0.3, -0.25) is 19.5 Å². The highest BCUT2D eigenvalue weighted by Gasteiger charge is 2.18. The van der Waals surface area contributed by atoms with E-state index in [0.717, 1.165) is 0 Å². The molecule has 34 heavy (non-hydrogen) atoms. The third-order valence-electron chi connectivity index (χ3n) is 5.09. The molecule has 0 aliphatic rings. The highest BCUT2D eigenvalue weighted by atomic mass is 16.5. The van der Waals surface area contributed by atoms with Gasteiger partial charge < -0.3 is 10.1 Å². The third-order valence-corrected chi connectivity index (χ3v) is 5.09. The average molecular weight is 454 g/mol. The van der Waals surface area contributed by atoms with Gasteiger partial charge in [0.25, 0.3) is 11.8 Å². The Bertz CT molecular complexity index is 1370. The molecule has 0 radical (unpaired) electrons. The number of aromatic nitrogens is 3. The molecule has 2 aromatic carbocycles. The number of fused-ring (bicyclic) bond motifs is 1. The van der Waals surface area contributed by atoms with Gasteiger partial charge in [0.05, 0.1) is 17.2 Å². The van der Waals surface area contributed by atoms with Crippen LogP contribution in [-0.4, -0.2) is 40.1 Å². The molecule has 0 aliphatic heterocycles. The van der Waals surface area contributed by atoms with E-state index in [1.165, 1.54) is 12.3 Å². The summed E-state index contributed by atoms with van der Waals surface area (Å²) in [5.41, 5.74) is 2.75. The second-order valence-corrected chi connectivity index (χ2v) is 7.47. The fraction of sp³-hybridized carbons (Fsp3) is 0.160. The van der Waals surface area contributed by atoms with Gasteiger partial charge in [-0.05, 0) is 42.8 Å². The smallest absolute Gasteiger partial charge is 0.258 e. The summed E-state index contributed by atoms with van der Waals surface area (Å²) in [6.07, 6.45) is 2.16. The fourth-order valence-corrected chi connectivity index (χ4v) is 3.44. The topological polar surface area (TPSA) is 122 Å². The SMILES string of the molecule is COCCCn1c(NC(=O)c2cccc(C#N)c2)nc2cc(C(=O)Nc3ccccc3)cnc21. The lowest BCUT2D eigenvalue weighted by molar-refractivity contribution is 0.101. The van der Waals surface area contributed by atoms with Crippen LogP contribution < -0.4 is 10.6 Å². The molecule has 4 aromatic rings. The molecule has 2 N–H and O–H groups in total. The van der Waals surface area contributed by atoms with Gasteiger partial charge in [-0.15, -0.1) is 0 Å². The van der Waals surface area contributed by atoms with E-state index in [2.05, 4.69) is 20.6 Å². The molecule has 2 aromatic heterocycles. The van der Waals surface area contributed by atoms with Crippen molar-refractivity contribution >= 4 is 34.6 Å². The Labute approximate surface area is 196 Å². The van der Waals surface area contributed by atoms with Crippen molar-refractivity contribution in [1.29, 1.82) is 5.26 Å². The van der Waals surface area contributed by atoms with Gasteiger partial charge in [0, 0.05) is 37.7 Å². The average Bonchev–Trinajstić information content (AvgIpc) is 3.20. The number of hydrogen-bond donors (Lipinski definition) is 2. The zero-order valence-electron chi connectivity index (χ0n) is 18.5. The number of nitriles is 1. The number of para-hydroxylation sites is 1. The van der Waals surface area contributed by atoms with Crippen LogP contribution in [0.3, 0.4) is 0 Å². The molecule has 4 rings (SSSR count). The number of benzene rings is 2. The second-order valence-electron chi connectivity index (χ2n) is 7.47. The number of ether oxygens (including phenoxy) is 1. The first kappa shape index (κ1) is 22.6. The highest BCUT2D eigenvalue weighted by Crippen LogP contribution is 2.21. The van der Waals surface area contributed by atoms with E-state index in [1.807, 2.05) is 24.3 Å². The number of nitrogens with one attached hydrogen (secondary N) is 2. The monoisotopic (exact) mass is 454 g/mol. The fourth-order valence-electron chi connectivity index (χ4n) is 3.44. The molecular weight excluding hydrogens is 432 g/mol. The Kier molecular flexibility index (Phi) is 6.91. The number of carbonyl (C=O) groups is 2. The van der Waals surface area contributed by atoms with Crippen molar-refractivity contribution in [2.75, 3.05) is 24.4 Å². The van der Waals surface area contributed by atoms with E-state index in [1.54, 1.807) is 48.1 Å². The van der Waals surface area contributed by atoms with Gasteiger partial charge in [-0.2, -0.15) is 5.26 Å². The minimum absolute atomic E-state index is 0.298. The minimum atomic E-state index is -0.401. The summed E-state index contributed by atoms with van der Waals surface area (Å²) < 4.78 is 6.93. The lowest BCUT2D eigenvalue weighted by Crippen LogP contribution is -2.17. The van der Waals surface area contributed by atoms with E-state index in [-0.39, 0.29) is 5.91 Å². The van der Waals surface area contributed by atoms with Crippen LogP contribution >= 0.6 is 0 Å². The molecule has 0 unspecified atom stereocenters. The molecule has 9 nitrogen and oxygen atoms in total. The van der Waals surface area contributed by atoms with Crippen molar-refractivity contribution in [2.24, 2.45) is 0 Å². The van der Waals surface area contributed by atoms with Crippen molar-refractivity contribution in [1.82, 2.24) is 14.5 Å². The molecule has 0 atom stereocenters. The predicted octanol–water partition coefficient (Wildman–Crippen LogP) is 3.84. The Morgan fingerprint density at radius 2 is 1.82 bits per heavy atom. The summed E-state index contributed by atoms with van der Waals surface area (Å²) in [6.45, 7) is 1.02. The van der Waals surface area contributed by atoms with Gasteiger partial charge in [0.2, 0.25) is 5.95 Å². The molecule has 170 valence electrons. The summed E-state index contributed by atoms with van der Waals surface area (Å²) in [5.74, 6) is -0.414. The highest BCUT2D eigenvalue weighted by molar-refractivity contribution is 6.06. The number of pyridine rings is 1. The van der Waals surface area contributed by atoms with E-state index in [4.69, 9.17) is 10.00 Å². The maximum Gasteiger partial charge on any atom is 0.258 e. The standard InChI is InChI=1S/C25H22N6O3/c1-34-12-6-11-31-22-21(14-19(16-27-22)24(33)28-20-9-3-2-4-10-20)29-25(31)30-23(32)18-8-5-7-17(13-18)15-26/h2-5,7-10,13-14,16H,6,11-12H2,1H3,(H,28,33)(H,29,30,32). The lowest BCUT2D eigenvalue weighted by atomic mass is 10.1. The molecule has 2 heterocycles. The quantitative estimate of drug-likeness (QED) is 0.390. The molecule has 9 heteroatoms. The number of anilines is 2. The molecule has 0 saturated carbocycles. The molecule has 0 spiro atoms. The van der Waals surface area contributed by atoms with Gasteiger partial charge in [-0.25, -0.2) is 9.97 Å². The zero-order valence-corrected chi connectivity index (χ0v) is 18.5. The Hall–Kier alpha value is -4.55. The summed E-state index contributed by atoms with van der Waals surface area (Å²) in [7, 11) is 1.62. The summed E-state index contributed by atoms with van der Waals surface area (Å²) in [4.78, 5) is 34.5. The number of carbonyl (C=O) groups excluding carboxylic acids is 2. The predicted molar refractivity (Wildman–Crippen MR) is 128 cm³/mol. The van der Waals surface area contributed by atoms with Crippen molar-refractivity contribution in [3.63, 3.8) is 0 Å². The number of methoxy groups -OCH3 is 1. The van der Waals surface area contributed by atoms with E-state index < -0.39 is 5.91 Å². The normalized spacial score (nSPS) is 10.6. The Morgan fingerprint density at radius 1 is 1.03 bits per heavy atom. The number of imidazole rings is 1. The molecule has 2 amide bonds. The van der Waals surface area contributed by atoms with Crippen LogP contribution in [0.5, 0.6) is 0 Å². The number of amides is 2. The maximum atomic E-state index is 12.8. The molecule has 0 saturated heterocycles. The van der Waals surface area contributed by atoms with Crippen molar-refractivity contribution < 1.29 is 14.3 Å². The zero-order chi connectivity index (χ0) is 23.9. The van der Waals surface area contributed by atoms with Crippen LogP contribution in [0.2, 0.25) is 0 Å². The number of nitrogens with zero attached hydrogens (tertiary/aromatic N) is 4. The molecule has 0 aliphatic carbocycles. The van der Waals surface area contributed by atoms with Crippen LogP contribution in [0.15, 0.2) is 66.9 Å². The largest absolute Gasteiger partial charge is 0.385 e. The van der Waals surface area contributed by atoms with Gasteiger partial charge >= 0.3 is 0 Å². The van der Waals surface area contributed by atoms with Crippen LogP contribution in [0.1, 0.15) is 32.7 Å². The van der Waals surface area contributed by atoms with E-state index in [0.29, 0.717) is 59.1 Å². The molecular formula is C25H22N6O3. The number of rotatable bonds is 8. The minimum Gasteiger partial charge on any atom is -0.385 e. The Morgan fingerprint density at radius 3 is 2.59 bits per heavy atom. The lowest BCUT2D eigenvalue weighted by Gasteiger charge is -2.10. The maximum absolute atomic E-state index is 12.8. The molecule has 0 bridgehead atoms. The van der Waals surface area contributed by atoms with Crippen molar-refractivity contribution in [3.8, 4) is 6.07 Å². The number of aryl methyl sites for hydroxylation is 1. The summed E-state index contributed by atoms with van der Waals surface area (Å²) in [6, 6.07) is 19.2. The Balaban J connectivity index is 1.64. The van der Waals surface area contributed by atoms with Crippen LogP contribution in [0.25, 0.3) is 11.2 Å². The van der Waals surface area contributed by atoms with Crippen LogP contribution in [0, 0.1) is 11.3 Å². The van der Waals surface area contributed by atoms with Crippen LogP contribution in [0.4, 0.5) is 11.6 Å². The van der Waals surface area contributed by atoms with Gasteiger partial charge in [0.1, 0.15) is 5.52 Å². The number of hydrogen-bond acceptors (Lipinski definition) is 6.